The summed E-state index contributed by atoms with van der Waals surface area (Å²) in [5, 5.41) is 5.40. The number of aromatic nitrogens is 3. The standard InChI is InChI=1S/C13H14N4/c1-8-13(11-7-12(14)16-17(11)2)9-5-3-4-6-10(9)15-8/h3-7,15H,1-2H3,(H2,14,16). The van der Waals surface area contributed by atoms with Crippen LogP contribution >= 0.6 is 0 Å². The molecule has 0 spiro atoms. The van der Waals surface area contributed by atoms with E-state index in [1.54, 1.807) is 0 Å². The third kappa shape index (κ3) is 1.41. The Morgan fingerprint density at radius 3 is 2.76 bits per heavy atom. The zero-order valence-electron chi connectivity index (χ0n) is 9.86. The van der Waals surface area contributed by atoms with Crippen molar-refractivity contribution >= 4 is 16.7 Å². The first-order valence-electron chi connectivity index (χ1n) is 5.54. The largest absolute Gasteiger partial charge is 0.382 e. The van der Waals surface area contributed by atoms with E-state index >= 15 is 0 Å². The minimum absolute atomic E-state index is 0.548. The summed E-state index contributed by atoms with van der Waals surface area (Å²) in [6.07, 6.45) is 0. The van der Waals surface area contributed by atoms with Crippen molar-refractivity contribution < 1.29 is 0 Å². The Kier molecular flexibility index (Phi) is 1.98. The van der Waals surface area contributed by atoms with E-state index in [-0.39, 0.29) is 0 Å². The van der Waals surface area contributed by atoms with Crippen molar-refractivity contribution in [3.05, 3.63) is 36.0 Å². The molecule has 4 nitrogen and oxygen atoms in total. The molecular formula is C13H14N4. The fraction of sp³-hybridized carbons (Fsp3) is 0.154. The predicted octanol–water partition coefficient (Wildman–Crippen LogP) is 2.46. The predicted molar refractivity (Wildman–Crippen MR) is 69.7 cm³/mol. The van der Waals surface area contributed by atoms with Crippen LogP contribution in [-0.2, 0) is 7.05 Å². The first-order valence-corrected chi connectivity index (χ1v) is 5.54. The molecule has 17 heavy (non-hydrogen) atoms. The maximum atomic E-state index is 5.74. The smallest absolute Gasteiger partial charge is 0.146 e. The van der Waals surface area contributed by atoms with Gasteiger partial charge >= 0.3 is 0 Å². The second kappa shape index (κ2) is 3.38. The highest BCUT2D eigenvalue weighted by atomic mass is 15.3. The molecule has 86 valence electrons. The molecule has 4 heteroatoms. The van der Waals surface area contributed by atoms with E-state index in [1.165, 1.54) is 10.9 Å². The van der Waals surface area contributed by atoms with E-state index in [9.17, 15) is 0 Å². The van der Waals surface area contributed by atoms with Crippen molar-refractivity contribution in [1.29, 1.82) is 0 Å². The van der Waals surface area contributed by atoms with Crippen LogP contribution in [0.5, 0.6) is 0 Å². The third-order valence-electron chi connectivity index (χ3n) is 3.05. The summed E-state index contributed by atoms with van der Waals surface area (Å²) >= 11 is 0. The Balaban J connectivity index is 2.37. The Morgan fingerprint density at radius 2 is 2.06 bits per heavy atom. The Hall–Kier alpha value is -2.23. The zero-order chi connectivity index (χ0) is 12.0. The third-order valence-corrected chi connectivity index (χ3v) is 3.05. The number of hydrogen-bond donors (Lipinski definition) is 2. The van der Waals surface area contributed by atoms with Gasteiger partial charge in [-0.25, -0.2) is 0 Å². The summed E-state index contributed by atoms with van der Waals surface area (Å²) in [5.41, 5.74) is 10.2. The van der Waals surface area contributed by atoms with Crippen LogP contribution in [0.15, 0.2) is 30.3 Å². The first-order chi connectivity index (χ1) is 8.16. The fourth-order valence-corrected chi connectivity index (χ4v) is 2.33. The number of aryl methyl sites for hydroxylation is 2. The summed E-state index contributed by atoms with van der Waals surface area (Å²) < 4.78 is 1.82. The van der Waals surface area contributed by atoms with Crippen LogP contribution in [-0.4, -0.2) is 14.8 Å². The minimum atomic E-state index is 0.548. The number of hydrogen-bond acceptors (Lipinski definition) is 2. The fourth-order valence-electron chi connectivity index (χ4n) is 2.33. The van der Waals surface area contributed by atoms with Crippen molar-refractivity contribution in [3.8, 4) is 11.3 Å². The average molecular weight is 226 g/mol. The monoisotopic (exact) mass is 226 g/mol. The second-order valence-corrected chi connectivity index (χ2v) is 4.25. The van der Waals surface area contributed by atoms with Crippen LogP contribution < -0.4 is 5.73 Å². The average Bonchev–Trinajstić information content (AvgIpc) is 2.77. The van der Waals surface area contributed by atoms with Gasteiger partial charge in [0, 0.05) is 35.3 Å². The lowest BCUT2D eigenvalue weighted by molar-refractivity contribution is 0.780. The molecule has 3 aromatic rings. The quantitative estimate of drug-likeness (QED) is 0.669. The van der Waals surface area contributed by atoms with E-state index in [0.29, 0.717) is 5.82 Å². The zero-order valence-corrected chi connectivity index (χ0v) is 9.86. The van der Waals surface area contributed by atoms with Gasteiger partial charge in [-0.2, -0.15) is 5.10 Å². The number of anilines is 1. The van der Waals surface area contributed by atoms with Gasteiger partial charge in [-0.1, -0.05) is 18.2 Å². The molecule has 1 aromatic carbocycles. The lowest BCUT2D eigenvalue weighted by Gasteiger charge is -2.01. The number of nitrogens with one attached hydrogen (secondary N) is 1. The van der Waals surface area contributed by atoms with Gasteiger partial charge in [0.1, 0.15) is 5.82 Å². The van der Waals surface area contributed by atoms with E-state index in [2.05, 4.69) is 29.1 Å². The van der Waals surface area contributed by atoms with Crippen molar-refractivity contribution in [2.75, 3.05) is 5.73 Å². The van der Waals surface area contributed by atoms with Crippen LogP contribution in [0.1, 0.15) is 5.69 Å². The van der Waals surface area contributed by atoms with Crippen molar-refractivity contribution in [2.24, 2.45) is 7.05 Å². The summed E-state index contributed by atoms with van der Waals surface area (Å²) in [5.74, 6) is 0.548. The Morgan fingerprint density at radius 1 is 1.29 bits per heavy atom. The molecule has 2 heterocycles. The van der Waals surface area contributed by atoms with Gasteiger partial charge < -0.3 is 10.7 Å². The molecule has 2 aromatic heterocycles. The number of nitrogens with two attached hydrogens (primary N) is 1. The molecule has 0 unspecified atom stereocenters. The molecule has 0 saturated carbocycles. The number of H-pyrrole nitrogens is 1. The van der Waals surface area contributed by atoms with Crippen molar-refractivity contribution in [3.63, 3.8) is 0 Å². The van der Waals surface area contributed by atoms with Gasteiger partial charge in [-0.15, -0.1) is 0 Å². The molecule has 0 amide bonds. The van der Waals surface area contributed by atoms with Gasteiger partial charge in [0.25, 0.3) is 0 Å². The van der Waals surface area contributed by atoms with Crippen molar-refractivity contribution in [2.45, 2.75) is 6.92 Å². The first kappa shape index (κ1) is 9.96. The maximum Gasteiger partial charge on any atom is 0.146 e. The number of nitrogens with zero attached hydrogens (tertiary/aromatic N) is 2. The minimum Gasteiger partial charge on any atom is -0.382 e. The molecule has 0 atom stereocenters. The van der Waals surface area contributed by atoms with Crippen LogP contribution in [0.2, 0.25) is 0 Å². The summed E-state index contributed by atoms with van der Waals surface area (Å²) in [4.78, 5) is 3.38. The van der Waals surface area contributed by atoms with E-state index in [4.69, 9.17) is 5.73 Å². The van der Waals surface area contributed by atoms with Gasteiger partial charge in [-0.05, 0) is 13.0 Å². The van der Waals surface area contributed by atoms with Crippen LogP contribution in [0.25, 0.3) is 22.2 Å². The number of nitrogen functional groups attached to an aromatic ring is 1. The number of aromatic amines is 1. The summed E-state index contributed by atoms with van der Waals surface area (Å²) in [7, 11) is 1.91. The molecule has 0 radical (unpaired) electrons. The lowest BCUT2D eigenvalue weighted by atomic mass is 10.1. The van der Waals surface area contributed by atoms with Crippen LogP contribution in [0, 0.1) is 6.92 Å². The summed E-state index contributed by atoms with van der Waals surface area (Å²) in [6, 6.07) is 10.2. The Bertz CT molecular complexity index is 691. The van der Waals surface area contributed by atoms with E-state index in [0.717, 1.165) is 16.9 Å². The molecule has 3 rings (SSSR count). The molecule has 0 aliphatic rings. The van der Waals surface area contributed by atoms with E-state index in [1.807, 2.05) is 29.9 Å². The highest BCUT2D eigenvalue weighted by Gasteiger charge is 2.13. The van der Waals surface area contributed by atoms with Gasteiger partial charge in [0.15, 0.2) is 0 Å². The molecule has 3 N–H and O–H groups in total. The highest BCUT2D eigenvalue weighted by molar-refractivity contribution is 5.96. The van der Waals surface area contributed by atoms with Gasteiger partial charge in [-0.3, -0.25) is 4.68 Å². The second-order valence-electron chi connectivity index (χ2n) is 4.25. The summed E-state index contributed by atoms with van der Waals surface area (Å²) in [6.45, 7) is 2.07. The molecule has 0 fully saturated rings. The maximum absolute atomic E-state index is 5.74. The Labute approximate surface area is 99.1 Å². The van der Waals surface area contributed by atoms with Crippen molar-refractivity contribution in [1.82, 2.24) is 14.8 Å². The number of rotatable bonds is 1. The SMILES string of the molecule is Cc1[nH]c2ccccc2c1-c1cc(N)nn1C. The molecular weight excluding hydrogens is 212 g/mol. The van der Waals surface area contributed by atoms with Gasteiger partial charge in [0.05, 0.1) is 5.69 Å². The molecule has 0 saturated heterocycles. The number of para-hydroxylation sites is 1. The van der Waals surface area contributed by atoms with Crippen LogP contribution in [0.4, 0.5) is 5.82 Å². The van der Waals surface area contributed by atoms with E-state index < -0.39 is 0 Å². The topological polar surface area (TPSA) is 59.6 Å². The number of fused-ring (bicyclic) bond motifs is 1. The lowest BCUT2D eigenvalue weighted by Crippen LogP contribution is -1.95. The molecule has 0 bridgehead atoms. The van der Waals surface area contributed by atoms with Crippen LogP contribution in [0.3, 0.4) is 0 Å². The molecule has 0 aliphatic carbocycles. The normalized spacial score (nSPS) is 11.2. The number of benzene rings is 1. The van der Waals surface area contributed by atoms with Gasteiger partial charge in [0.2, 0.25) is 0 Å². The highest BCUT2D eigenvalue weighted by Crippen LogP contribution is 2.32. The molecule has 0 aliphatic heterocycles.